The normalized spacial score (nSPS) is 18.6. The van der Waals surface area contributed by atoms with Crippen molar-refractivity contribution in [3.63, 3.8) is 0 Å². The first-order valence-electron chi connectivity index (χ1n) is 9.27. The van der Waals surface area contributed by atoms with Crippen LogP contribution >= 0.6 is 11.3 Å². The number of quaternary nitrogens is 1. The Labute approximate surface area is 163 Å². The lowest BCUT2D eigenvalue weighted by molar-refractivity contribution is -0.901. The highest BCUT2D eigenvalue weighted by Gasteiger charge is 2.24. The Morgan fingerprint density at radius 2 is 2.00 bits per heavy atom. The molecule has 3 rings (SSSR count). The lowest BCUT2D eigenvalue weighted by Gasteiger charge is -2.21. The smallest absolute Gasteiger partial charge is 0.264 e. The van der Waals surface area contributed by atoms with Gasteiger partial charge in [0.2, 0.25) is 0 Å². The highest BCUT2D eigenvalue weighted by molar-refractivity contribution is 7.12. The van der Waals surface area contributed by atoms with E-state index in [0.717, 1.165) is 43.2 Å². The molecule has 1 aromatic carbocycles. The molecule has 1 aliphatic heterocycles. The van der Waals surface area contributed by atoms with Crippen LogP contribution in [0.2, 0.25) is 0 Å². The summed E-state index contributed by atoms with van der Waals surface area (Å²) < 4.78 is 10.8. The third-order valence-electron chi connectivity index (χ3n) is 4.74. The van der Waals surface area contributed by atoms with Gasteiger partial charge < -0.3 is 24.4 Å². The first kappa shape index (κ1) is 19.7. The van der Waals surface area contributed by atoms with Gasteiger partial charge in [-0.25, -0.2) is 0 Å². The standard InChI is InChI=1S/C20H26N2O4S/c1-25-17-5-7-18(8-6-17)26-15-16(23)14-21-9-3-10-22(12-11-21)20(24)19-4-2-13-27-19/h2,4-8,13,16,23H,3,9-12,14-15H2,1H3/p+1/t16-/m0/s1. The fraction of sp³-hybridized carbons (Fsp3) is 0.450. The number of hydrogen-bond acceptors (Lipinski definition) is 5. The molecule has 1 aromatic heterocycles. The highest BCUT2D eigenvalue weighted by Crippen LogP contribution is 2.17. The van der Waals surface area contributed by atoms with Gasteiger partial charge in [0.25, 0.3) is 5.91 Å². The Morgan fingerprint density at radius 3 is 2.70 bits per heavy atom. The second-order valence-corrected chi connectivity index (χ2v) is 7.67. The lowest BCUT2D eigenvalue weighted by atomic mass is 10.3. The van der Waals surface area contributed by atoms with Crippen LogP contribution in [0.1, 0.15) is 16.1 Å². The summed E-state index contributed by atoms with van der Waals surface area (Å²) in [5.74, 6) is 1.61. The van der Waals surface area contributed by atoms with Crippen LogP contribution in [0.25, 0.3) is 0 Å². The molecular weight excluding hydrogens is 364 g/mol. The lowest BCUT2D eigenvalue weighted by Crippen LogP contribution is -3.13. The molecule has 1 saturated heterocycles. The van der Waals surface area contributed by atoms with Gasteiger partial charge in [0, 0.05) is 13.0 Å². The maximum absolute atomic E-state index is 12.5. The van der Waals surface area contributed by atoms with Crippen molar-refractivity contribution in [3.8, 4) is 11.5 Å². The van der Waals surface area contributed by atoms with Crippen molar-refractivity contribution in [2.75, 3.05) is 46.4 Å². The zero-order valence-electron chi connectivity index (χ0n) is 15.6. The van der Waals surface area contributed by atoms with Crippen LogP contribution in [-0.4, -0.2) is 68.5 Å². The Kier molecular flexibility index (Phi) is 7.09. The fourth-order valence-corrected chi connectivity index (χ4v) is 3.96. The molecule has 146 valence electrons. The quantitative estimate of drug-likeness (QED) is 0.737. The van der Waals surface area contributed by atoms with E-state index in [0.29, 0.717) is 12.3 Å². The molecule has 0 saturated carbocycles. The molecule has 1 aliphatic rings. The minimum Gasteiger partial charge on any atom is -0.497 e. The number of ether oxygens (including phenoxy) is 2. The van der Waals surface area contributed by atoms with Gasteiger partial charge in [-0.1, -0.05) is 6.07 Å². The molecule has 27 heavy (non-hydrogen) atoms. The van der Waals surface area contributed by atoms with Crippen LogP contribution in [0, 0.1) is 0 Å². The Bertz CT molecular complexity index is 705. The van der Waals surface area contributed by atoms with Gasteiger partial charge in [-0.05, 0) is 35.7 Å². The molecule has 0 bridgehead atoms. The molecule has 1 fully saturated rings. The van der Waals surface area contributed by atoms with Crippen molar-refractivity contribution in [1.29, 1.82) is 0 Å². The molecule has 2 heterocycles. The summed E-state index contributed by atoms with van der Waals surface area (Å²) in [4.78, 5) is 16.5. The molecular formula is C20H27N2O4S+. The molecule has 2 aromatic rings. The van der Waals surface area contributed by atoms with Crippen LogP contribution in [0.4, 0.5) is 0 Å². The number of aliphatic hydroxyl groups is 1. The summed E-state index contributed by atoms with van der Waals surface area (Å²) in [6, 6.07) is 11.1. The predicted octanol–water partition coefficient (Wildman–Crippen LogP) is 0.927. The largest absolute Gasteiger partial charge is 0.497 e. The SMILES string of the molecule is COc1ccc(OC[C@@H](O)C[NH+]2CCCN(C(=O)c3cccs3)CC2)cc1. The van der Waals surface area contributed by atoms with Crippen molar-refractivity contribution < 1.29 is 24.3 Å². The molecule has 1 unspecified atom stereocenters. The number of carbonyl (C=O) groups is 1. The van der Waals surface area contributed by atoms with Gasteiger partial charge >= 0.3 is 0 Å². The molecule has 0 spiro atoms. The number of carbonyl (C=O) groups excluding carboxylic acids is 1. The minimum absolute atomic E-state index is 0.120. The van der Waals surface area contributed by atoms with Gasteiger partial charge in [0.1, 0.15) is 30.8 Å². The third-order valence-corrected chi connectivity index (χ3v) is 5.60. The van der Waals surface area contributed by atoms with E-state index in [9.17, 15) is 9.90 Å². The molecule has 0 radical (unpaired) electrons. The van der Waals surface area contributed by atoms with E-state index in [1.54, 1.807) is 7.11 Å². The van der Waals surface area contributed by atoms with Crippen LogP contribution in [0.15, 0.2) is 41.8 Å². The summed E-state index contributed by atoms with van der Waals surface area (Å²) in [6.07, 6.45) is 0.403. The van der Waals surface area contributed by atoms with Gasteiger partial charge in [-0.2, -0.15) is 0 Å². The average molecular weight is 392 g/mol. The molecule has 2 atom stereocenters. The molecule has 2 N–H and O–H groups in total. The van der Waals surface area contributed by atoms with E-state index in [4.69, 9.17) is 9.47 Å². The number of nitrogens with zero attached hydrogens (tertiary/aromatic N) is 1. The maximum Gasteiger partial charge on any atom is 0.264 e. The number of benzene rings is 1. The summed E-state index contributed by atoms with van der Waals surface area (Å²) >= 11 is 1.49. The Morgan fingerprint density at radius 1 is 1.22 bits per heavy atom. The second-order valence-electron chi connectivity index (χ2n) is 6.72. The van der Waals surface area contributed by atoms with E-state index >= 15 is 0 Å². The number of methoxy groups -OCH3 is 1. The fourth-order valence-electron chi connectivity index (χ4n) is 3.27. The topological polar surface area (TPSA) is 63.4 Å². The summed E-state index contributed by atoms with van der Waals surface area (Å²) in [6.45, 7) is 4.17. The summed E-state index contributed by atoms with van der Waals surface area (Å²) in [7, 11) is 1.62. The van der Waals surface area contributed by atoms with Crippen molar-refractivity contribution in [2.24, 2.45) is 0 Å². The highest BCUT2D eigenvalue weighted by atomic mass is 32.1. The monoisotopic (exact) mass is 391 g/mol. The van der Waals surface area contributed by atoms with Crippen molar-refractivity contribution in [3.05, 3.63) is 46.7 Å². The zero-order valence-corrected chi connectivity index (χ0v) is 16.4. The number of thiophene rings is 1. The number of aliphatic hydroxyl groups excluding tert-OH is 1. The predicted molar refractivity (Wildman–Crippen MR) is 105 cm³/mol. The van der Waals surface area contributed by atoms with E-state index in [1.165, 1.54) is 16.2 Å². The Balaban J connectivity index is 1.43. The zero-order chi connectivity index (χ0) is 19.1. The van der Waals surface area contributed by atoms with Gasteiger partial charge in [-0.3, -0.25) is 4.79 Å². The first-order valence-corrected chi connectivity index (χ1v) is 10.1. The molecule has 1 amide bonds. The molecule has 0 aliphatic carbocycles. The number of nitrogens with one attached hydrogen (secondary N) is 1. The molecule has 7 heteroatoms. The van der Waals surface area contributed by atoms with Gasteiger partial charge in [-0.15, -0.1) is 11.3 Å². The van der Waals surface area contributed by atoms with Crippen LogP contribution in [0.5, 0.6) is 11.5 Å². The van der Waals surface area contributed by atoms with E-state index in [2.05, 4.69) is 0 Å². The number of amides is 1. The molecule has 6 nitrogen and oxygen atoms in total. The second kappa shape index (κ2) is 9.73. The number of rotatable bonds is 7. The van der Waals surface area contributed by atoms with Crippen LogP contribution in [0.3, 0.4) is 0 Å². The minimum atomic E-state index is -0.540. The van der Waals surface area contributed by atoms with Crippen LogP contribution in [-0.2, 0) is 0 Å². The average Bonchev–Trinajstić information content (AvgIpc) is 3.13. The van der Waals surface area contributed by atoms with Gasteiger partial charge in [0.05, 0.1) is 31.6 Å². The Hall–Kier alpha value is -2.09. The van der Waals surface area contributed by atoms with E-state index in [-0.39, 0.29) is 12.5 Å². The van der Waals surface area contributed by atoms with Crippen molar-refractivity contribution >= 4 is 17.2 Å². The van der Waals surface area contributed by atoms with Crippen LogP contribution < -0.4 is 14.4 Å². The summed E-state index contributed by atoms with van der Waals surface area (Å²) in [5, 5.41) is 12.3. The number of hydrogen-bond donors (Lipinski definition) is 2. The van der Waals surface area contributed by atoms with E-state index in [1.807, 2.05) is 46.7 Å². The third kappa shape index (κ3) is 5.69. The van der Waals surface area contributed by atoms with Crippen molar-refractivity contribution in [1.82, 2.24) is 4.90 Å². The van der Waals surface area contributed by atoms with E-state index < -0.39 is 6.10 Å². The maximum atomic E-state index is 12.5. The van der Waals surface area contributed by atoms with Gasteiger partial charge in [0.15, 0.2) is 0 Å². The summed E-state index contributed by atoms with van der Waals surface area (Å²) in [5.41, 5.74) is 0. The van der Waals surface area contributed by atoms with Crippen molar-refractivity contribution in [2.45, 2.75) is 12.5 Å². The first-order chi connectivity index (χ1) is 13.2.